The molecule has 1 saturated carbocycles. The summed E-state index contributed by atoms with van der Waals surface area (Å²) in [5.41, 5.74) is 1.28. The third kappa shape index (κ3) is 3.06. The number of benzene rings is 1. The Hall–Kier alpha value is -2.77. The van der Waals surface area contributed by atoms with E-state index in [0.29, 0.717) is 0 Å². The van der Waals surface area contributed by atoms with Gasteiger partial charge in [0.25, 0.3) is 0 Å². The molecule has 0 aliphatic heterocycles. The predicted octanol–water partition coefficient (Wildman–Crippen LogP) is 2.73. The van der Waals surface area contributed by atoms with E-state index in [1.165, 1.54) is 0 Å². The van der Waals surface area contributed by atoms with Crippen LogP contribution in [0.15, 0.2) is 30.6 Å². The minimum absolute atomic E-state index is 0.0229. The number of rotatable bonds is 5. The summed E-state index contributed by atoms with van der Waals surface area (Å²) in [6.45, 7) is 4.21. The zero-order chi connectivity index (χ0) is 19.7. The molecule has 4 rings (SSSR count). The van der Waals surface area contributed by atoms with Crippen molar-refractivity contribution in [3.05, 3.63) is 36.4 Å². The largest absolute Gasteiger partial charge is 0.344 e. The van der Waals surface area contributed by atoms with Crippen molar-refractivity contribution in [3.8, 4) is 0 Å². The van der Waals surface area contributed by atoms with E-state index < -0.39 is 5.54 Å². The number of carbonyl (C=O) groups is 1. The molecule has 0 spiro atoms. The van der Waals surface area contributed by atoms with E-state index in [4.69, 9.17) is 4.98 Å². The van der Waals surface area contributed by atoms with E-state index in [9.17, 15) is 4.79 Å². The number of tetrazole rings is 1. The van der Waals surface area contributed by atoms with E-state index in [1.807, 2.05) is 25.2 Å². The highest BCUT2D eigenvalue weighted by Crippen LogP contribution is 2.36. The second-order valence-corrected chi connectivity index (χ2v) is 8.06. The van der Waals surface area contributed by atoms with Crippen LogP contribution in [0.1, 0.15) is 57.8 Å². The van der Waals surface area contributed by atoms with E-state index >= 15 is 0 Å². The molecule has 0 bridgehead atoms. The molecule has 1 N–H and O–H groups in total. The summed E-state index contributed by atoms with van der Waals surface area (Å²) in [7, 11) is 2.00. The molecular weight excluding hydrogens is 354 g/mol. The van der Waals surface area contributed by atoms with Crippen molar-refractivity contribution >= 4 is 16.9 Å². The highest BCUT2D eigenvalue weighted by atomic mass is 16.2. The normalized spacial score (nSPS) is 17.7. The number of para-hydroxylation sites is 2. The van der Waals surface area contributed by atoms with Crippen LogP contribution in [0.2, 0.25) is 0 Å². The first kappa shape index (κ1) is 18.6. The zero-order valence-corrected chi connectivity index (χ0v) is 16.7. The molecule has 1 aliphatic rings. The van der Waals surface area contributed by atoms with Crippen LogP contribution in [0.3, 0.4) is 0 Å². The standard InChI is InChI=1S/C20H27N7O/c1-14(2)17(18-22-15-9-5-6-10-16(15)26(18)3)23-19(28)20(11-7-4-8-12-20)27-13-21-24-25-27/h5-6,9-10,13-14,17H,4,7-8,11-12H2,1-3H3,(H,23,28)/t17-/m0/s1. The summed E-state index contributed by atoms with van der Waals surface area (Å²) in [5, 5.41) is 14.9. The predicted molar refractivity (Wildman–Crippen MR) is 105 cm³/mol. The van der Waals surface area contributed by atoms with Gasteiger partial charge >= 0.3 is 0 Å². The number of aromatic nitrogens is 6. The molecule has 1 amide bonds. The second kappa shape index (κ2) is 7.33. The number of hydrogen-bond donors (Lipinski definition) is 1. The number of nitrogens with one attached hydrogen (secondary N) is 1. The van der Waals surface area contributed by atoms with Gasteiger partial charge < -0.3 is 9.88 Å². The molecule has 8 heteroatoms. The molecule has 1 fully saturated rings. The lowest BCUT2D eigenvalue weighted by atomic mass is 9.80. The fourth-order valence-electron chi connectivity index (χ4n) is 4.30. The molecule has 0 unspecified atom stereocenters. The first-order chi connectivity index (χ1) is 13.5. The Morgan fingerprint density at radius 2 is 1.93 bits per heavy atom. The van der Waals surface area contributed by atoms with Gasteiger partial charge in [-0.25, -0.2) is 9.67 Å². The van der Waals surface area contributed by atoms with Crippen LogP contribution in [0.25, 0.3) is 11.0 Å². The third-order valence-electron chi connectivity index (χ3n) is 5.94. The topological polar surface area (TPSA) is 90.5 Å². The quantitative estimate of drug-likeness (QED) is 0.734. The minimum Gasteiger partial charge on any atom is -0.344 e. The maximum absolute atomic E-state index is 13.6. The van der Waals surface area contributed by atoms with Crippen LogP contribution in [-0.2, 0) is 17.4 Å². The van der Waals surface area contributed by atoms with E-state index in [-0.39, 0.29) is 17.9 Å². The number of aryl methyl sites for hydroxylation is 1. The summed E-state index contributed by atoms with van der Waals surface area (Å²) in [5.74, 6) is 1.03. The molecule has 2 aromatic heterocycles. The molecule has 1 aliphatic carbocycles. The molecule has 0 radical (unpaired) electrons. The lowest BCUT2D eigenvalue weighted by Gasteiger charge is -2.36. The van der Waals surface area contributed by atoms with Gasteiger partial charge in [0, 0.05) is 7.05 Å². The Kier molecular flexibility index (Phi) is 4.87. The summed E-state index contributed by atoms with van der Waals surface area (Å²) in [4.78, 5) is 18.4. The van der Waals surface area contributed by atoms with Gasteiger partial charge in [-0.15, -0.1) is 5.10 Å². The highest BCUT2D eigenvalue weighted by molar-refractivity contribution is 5.85. The number of hydrogen-bond acceptors (Lipinski definition) is 5. The fourth-order valence-corrected chi connectivity index (χ4v) is 4.30. The number of amides is 1. The van der Waals surface area contributed by atoms with Crippen molar-refractivity contribution in [1.82, 2.24) is 35.1 Å². The van der Waals surface area contributed by atoms with Crippen molar-refractivity contribution < 1.29 is 4.79 Å². The molecule has 3 aromatic rings. The fraction of sp³-hybridized carbons (Fsp3) is 0.550. The highest BCUT2D eigenvalue weighted by Gasteiger charge is 2.44. The average molecular weight is 381 g/mol. The van der Waals surface area contributed by atoms with Crippen molar-refractivity contribution in [2.75, 3.05) is 0 Å². The number of carbonyl (C=O) groups excluding carboxylic acids is 1. The van der Waals surface area contributed by atoms with E-state index in [1.54, 1.807) is 11.0 Å². The number of imidazole rings is 1. The molecular formula is C20H27N7O. The van der Waals surface area contributed by atoms with Gasteiger partial charge in [-0.1, -0.05) is 45.2 Å². The Labute approximate surface area is 164 Å². The van der Waals surface area contributed by atoms with Crippen LogP contribution in [0.4, 0.5) is 0 Å². The Morgan fingerprint density at radius 3 is 2.57 bits per heavy atom. The molecule has 1 aromatic carbocycles. The van der Waals surface area contributed by atoms with Gasteiger partial charge in [-0.3, -0.25) is 4.79 Å². The van der Waals surface area contributed by atoms with E-state index in [2.05, 4.69) is 45.3 Å². The van der Waals surface area contributed by atoms with Crippen LogP contribution >= 0.6 is 0 Å². The molecule has 0 saturated heterocycles. The maximum atomic E-state index is 13.6. The van der Waals surface area contributed by atoms with Gasteiger partial charge in [-0.2, -0.15) is 0 Å². The van der Waals surface area contributed by atoms with Crippen molar-refractivity contribution in [2.24, 2.45) is 13.0 Å². The van der Waals surface area contributed by atoms with Crippen molar-refractivity contribution in [3.63, 3.8) is 0 Å². The van der Waals surface area contributed by atoms with Gasteiger partial charge in [0.2, 0.25) is 5.91 Å². The van der Waals surface area contributed by atoms with E-state index in [0.717, 1.165) is 49.0 Å². The molecule has 148 valence electrons. The van der Waals surface area contributed by atoms with Crippen LogP contribution in [-0.4, -0.2) is 35.7 Å². The molecule has 2 heterocycles. The van der Waals surface area contributed by atoms with Crippen LogP contribution in [0.5, 0.6) is 0 Å². The molecule has 8 nitrogen and oxygen atoms in total. The molecule has 28 heavy (non-hydrogen) atoms. The Morgan fingerprint density at radius 1 is 1.18 bits per heavy atom. The summed E-state index contributed by atoms with van der Waals surface area (Å²) in [6, 6.07) is 7.85. The SMILES string of the molecule is CC(C)[C@H](NC(=O)C1(n2cnnn2)CCCCC1)c1nc2ccccc2n1C. The first-order valence-corrected chi connectivity index (χ1v) is 9.99. The smallest absolute Gasteiger partial charge is 0.248 e. The van der Waals surface area contributed by atoms with Crippen molar-refractivity contribution in [1.29, 1.82) is 0 Å². The van der Waals surface area contributed by atoms with Crippen LogP contribution < -0.4 is 5.32 Å². The summed E-state index contributed by atoms with van der Waals surface area (Å²) >= 11 is 0. The summed E-state index contributed by atoms with van der Waals surface area (Å²) in [6.07, 6.45) is 6.17. The second-order valence-electron chi connectivity index (χ2n) is 8.06. The average Bonchev–Trinajstić information content (AvgIpc) is 3.35. The van der Waals surface area contributed by atoms with Crippen LogP contribution in [0, 0.1) is 5.92 Å². The third-order valence-corrected chi connectivity index (χ3v) is 5.94. The van der Waals surface area contributed by atoms with Gasteiger partial charge in [0.05, 0.1) is 17.1 Å². The first-order valence-electron chi connectivity index (χ1n) is 9.99. The molecule has 1 atom stereocenters. The van der Waals surface area contributed by atoms with Gasteiger partial charge in [-0.05, 0) is 41.3 Å². The van der Waals surface area contributed by atoms with Gasteiger partial charge in [0.1, 0.15) is 17.7 Å². The Bertz CT molecular complexity index is 954. The maximum Gasteiger partial charge on any atom is 0.248 e. The minimum atomic E-state index is -0.723. The lowest BCUT2D eigenvalue weighted by Crippen LogP contribution is -2.52. The lowest BCUT2D eigenvalue weighted by molar-refractivity contribution is -0.133. The Balaban J connectivity index is 1.69. The van der Waals surface area contributed by atoms with Crippen molar-refractivity contribution in [2.45, 2.75) is 57.5 Å². The van der Waals surface area contributed by atoms with Gasteiger partial charge in [0.15, 0.2) is 0 Å². The number of nitrogens with zero attached hydrogens (tertiary/aromatic N) is 6. The number of fused-ring (bicyclic) bond motifs is 1. The zero-order valence-electron chi connectivity index (χ0n) is 16.7. The monoisotopic (exact) mass is 381 g/mol. The summed E-state index contributed by atoms with van der Waals surface area (Å²) < 4.78 is 3.72.